The third-order valence-electron chi connectivity index (χ3n) is 2.93. The topological polar surface area (TPSA) is 170 Å². The van der Waals surface area contributed by atoms with Gasteiger partial charge in [-0.2, -0.15) is 0 Å². The molecule has 0 saturated carbocycles. The molecule has 162 valence electrons. The lowest BCUT2D eigenvalue weighted by Gasteiger charge is -2.08. The van der Waals surface area contributed by atoms with Crippen LogP contribution in [0.2, 0.25) is 0 Å². The molecule has 0 unspecified atom stereocenters. The summed E-state index contributed by atoms with van der Waals surface area (Å²) >= 11 is 0. The molecular formula is C16H28N2O10. The third-order valence-corrected chi connectivity index (χ3v) is 2.93. The van der Waals surface area contributed by atoms with Crippen molar-refractivity contribution in [2.24, 2.45) is 0 Å². The number of carbonyl (C=O) groups is 4. The van der Waals surface area contributed by atoms with E-state index < -0.39 is 23.8 Å². The van der Waals surface area contributed by atoms with Crippen LogP contribution >= 0.6 is 0 Å². The van der Waals surface area contributed by atoms with Crippen LogP contribution in [0.25, 0.3) is 0 Å². The second-order valence-electron chi connectivity index (χ2n) is 5.25. The lowest BCUT2D eigenvalue weighted by atomic mass is 10.5. The molecule has 0 saturated heterocycles. The normalized spacial score (nSPS) is 10.4. The number of aliphatic carboxylic acids is 2. The fraction of sp³-hybridized carbons (Fsp3) is 0.750. The van der Waals surface area contributed by atoms with Gasteiger partial charge in [0.15, 0.2) is 0 Å². The Morgan fingerprint density at radius 2 is 0.857 bits per heavy atom. The molecule has 0 heterocycles. The van der Waals surface area contributed by atoms with Crippen molar-refractivity contribution in [1.29, 1.82) is 0 Å². The van der Waals surface area contributed by atoms with Crippen LogP contribution in [0.15, 0.2) is 0 Å². The van der Waals surface area contributed by atoms with Crippen LogP contribution in [-0.2, 0) is 38.1 Å². The number of rotatable bonds is 18. The minimum atomic E-state index is -0.935. The highest BCUT2D eigenvalue weighted by Crippen LogP contribution is 1.85. The zero-order valence-corrected chi connectivity index (χ0v) is 15.6. The highest BCUT2D eigenvalue weighted by molar-refractivity contribution is 6.35. The predicted molar refractivity (Wildman–Crippen MR) is 93.8 cm³/mol. The van der Waals surface area contributed by atoms with Crippen LogP contribution in [0.4, 0.5) is 0 Å². The van der Waals surface area contributed by atoms with Crippen LogP contribution in [-0.4, -0.2) is 99.9 Å². The van der Waals surface area contributed by atoms with E-state index in [4.69, 9.17) is 29.2 Å². The molecule has 0 rings (SSSR count). The molecule has 0 fully saturated rings. The van der Waals surface area contributed by atoms with Crippen molar-refractivity contribution in [3.8, 4) is 0 Å². The van der Waals surface area contributed by atoms with E-state index in [1.54, 1.807) is 0 Å². The molecule has 0 radical (unpaired) electrons. The number of hydrogen-bond donors (Lipinski definition) is 4. The molecule has 0 aliphatic carbocycles. The number of hydrogen-bond acceptors (Lipinski definition) is 8. The van der Waals surface area contributed by atoms with Gasteiger partial charge in [-0.25, -0.2) is 0 Å². The lowest BCUT2D eigenvalue weighted by molar-refractivity contribution is -0.139. The number of ether oxygens (including phenoxy) is 4. The minimum absolute atomic E-state index is 0.0726. The van der Waals surface area contributed by atoms with E-state index >= 15 is 0 Å². The van der Waals surface area contributed by atoms with Gasteiger partial charge in [-0.15, -0.1) is 0 Å². The molecule has 0 aromatic rings. The van der Waals surface area contributed by atoms with E-state index in [1.165, 1.54) is 0 Å². The molecule has 0 aliphatic rings. The summed E-state index contributed by atoms with van der Waals surface area (Å²) in [5.74, 6) is -3.46. The van der Waals surface area contributed by atoms with Gasteiger partial charge in [0, 0.05) is 13.1 Å². The first-order valence-electron chi connectivity index (χ1n) is 8.74. The second-order valence-corrected chi connectivity index (χ2v) is 5.25. The molecule has 12 heteroatoms. The van der Waals surface area contributed by atoms with E-state index in [1.807, 2.05) is 0 Å². The number of carboxylic acid groups (broad SMARTS) is 2. The van der Waals surface area contributed by atoms with Crippen LogP contribution in [0.5, 0.6) is 0 Å². The lowest BCUT2D eigenvalue weighted by Crippen LogP contribution is -2.42. The summed E-state index contributed by atoms with van der Waals surface area (Å²) in [6, 6.07) is 0. The summed E-state index contributed by atoms with van der Waals surface area (Å²) in [6.45, 7) is 1.86. The van der Waals surface area contributed by atoms with Crippen LogP contribution in [0, 0.1) is 0 Å². The Bertz CT molecular complexity index is 430. The first-order chi connectivity index (χ1) is 13.4. The Hall–Kier alpha value is -2.28. The third kappa shape index (κ3) is 18.5. The molecule has 0 atom stereocenters. The molecule has 0 spiro atoms. The van der Waals surface area contributed by atoms with Crippen molar-refractivity contribution in [2.45, 2.75) is 12.8 Å². The fourth-order valence-electron chi connectivity index (χ4n) is 1.60. The van der Waals surface area contributed by atoms with Gasteiger partial charge in [0.2, 0.25) is 0 Å². The van der Waals surface area contributed by atoms with Crippen LogP contribution < -0.4 is 10.6 Å². The van der Waals surface area contributed by atoms with E-state index in [0.29, 0.717) is 0 Å². The molecule has 0 aliphatic heterocycles. The van der Waals surface area contributed by atoms with Gasteiger partial charge in [-0.3, -0.25) is 19.2 Å². The van der Waals surface area contributed by atoms with Gasteiger partial charge in [0.1, 0.15) is 0 Å². The highest BCUT2D eigenvalue weighted by Gasteiger charge is 2.11. The average molecular weight is 408 g/mol. The van der Waals surface area contributed by atoms with E-state index in [2.05, 4.69) is 10.6 Å². The SMILES string of the molecule is O=C(O)CCOCCOCCNC(=O)C(=O)NCCOCCOCCC(=O)O. The summed E-state index contributed by atoms with van der Waals surface area (Å²) in [6.07, 6.45) is -0.145. The Labute approximate surface area is 162 Å². The smallest absolute Gasteiger partial charge is 0.309 e. The van der Waals surface area contributed by atoms with Crippen molar-refractivity contribution in [2.75, 3.05) is 65.9 Å². The van der Waals surface area contributed by atoms with Gasteiger partial charge in [-0.1, -0.05) is 0 Å². The van der Waals surface area contributed by atoms with Crippen LogP contribution in [0.3, 0.4) is 0 Å². The fourth-order valence-corrected chi connectivity index (χ4v) is 1.60. The average Bonchev–Trinajstić information content (AvgIpc) is 2.64. The first-order valence-corrected chi connectivity index (χ1v) is 8.74. The molecule has 0 aromatic heterocycles. The molecule has 2 amide bonds. The molecular weight excluding hydrogens is 380 g/mol. The first kappa shape index (κ1) is 25.7. The number of amides is 2. The van der Waals surface area contributed by atoms with E-state index in [0.717, 1.165) is 0 Å². The second kappa shape index (κ2) is 18.1. The monoisotopic (exact) mass is 408 g/mol. The molecule has 0 aromatic carbocycles. The maximum absolute atomic E-state index is 11.5. The predicted octanol–water partition coefficient (Wildman–Crippen LogP) is -1.77. The van der Waals surface area contributed by atoms with Crippen molar-refractivity contribution in [3.63, 3.8) is 0 Å². The van der Waals surface area contributed by atoms with Gasteiger partial charge in [-0.05, 0) is 0 Å². The number of carboxylic acids is 2. The summed E-state index contributed by atoms with van der Waals surface area (Å²) < 4.78 is 20.3. The van der Waals surface area contributed by atoms with Gasteiger partial charge in [0.05, 0.1) is 65.7 Å². The minimum Gasteiger partial charge on any atom is -0.481 e. The Morgan fingerprint density at radius 3 is 1.18 bits per heavy atom. The summed E-state index contributed by atoms with van der Waals surface area (Å²) in [5.41, 5.74) is 0. The largest absolute Gasteiger partial charge is 0.481 e. The van der Waals surface area contributed by atoms with E-state index in [-0.39, 0.29) is 78.8 Å². The summed E-state index contributed by atoms with van der Waals surface area (Å²) in [5, 5.41) is 21.6. The van der Waals surface area contributed by atoms with E-state index in [9.17, 15) is 19.2 Å². The molecule has 28 heavy (non-hydrogen) atoms. The highest BCUT2D eigenvalue weighted by atomic mass is 16.5. The Morgan fingerprint density at radius 1 is 0.536 bits per heavy atom. The Balaban J connectivity index is 3.39. The standard InChI is InChI=1S/C16H28N2O10/c19-13(20)1-5-25-9-11-27-7-3-17-15(23)16(24)18-4-8-28-12-10-26-6-2-14(21)22/h1-12H2,(H,17,23)(H,18,24)(H,19,20)(H,21,22). The number of nitrogens with one attached hydrogen (secondary N) is 2. The Kier molecular flexibility index (Phi) is 16.6. The number of carbonyl (C=O) groups excluding carboxylic acids is 2. The molecule has 4 N–H and O–H groups in total. The molecule has 12 nitrogen and oxygen atoms in total. The van der Waals surface area contributed by atoms with Crippen molar-refractivity contribution in [3.05, 3.63) is 0 Å². The maximum atomic E-state index is 11.5. The van der Waals surface area contributed by atoms with Crippen molar-refractivity contribution < 1.29 is 48.3 Å². The summed E-state index contributed by atoms with van der Waals surface area (Å²) in [4.78, 5) is 43.5. The van der Waals surface area contributed by atoms with Gasteiger partial charge in [0.25, 0.3) is 0 Å². The van der Waals surface area contributed by atoms with Crippen molar-refractivity contribution in [1.82, 2.24) is 10.6 Å². The van der Waals surface area contributed by atoms with Gasteiger partial charge >= 0.3 is 23.8 Å². The maximum Gasteiger partial charge on any atom is 0.309 e. The van der Waals surface area contributed by atoms with Crippen LogP contribution in [0.1, 0.15) is 12.8 Å². The zero-order valence-electron chi connectivity index (χ0n) is 15.6. The molecule has 0 bridgehead atoms. The quantitative estimate of drug-likeness (QED) is 0.150. The van der Waals surface area contributed by atoms with Gasteiger partial charge < -0.3 is 39.8 Å². The van der Waals surface area contributed by atoms with Crippen molar-refractivity contribution >= 4 is 23.8 Å². The zero-order chi connectivity index (χ0) is 21.0. The summed E-state index contributed by atoms with van der Waals surface area (Å²) in [7, 11) is 0.